The third kappa shape index (κ3) is 365. The Balaban J connectivity index is -0.0000000500. The van der Waals surface area contributed by atoms with Crippen molar-refractivity contribution in [1.82, 2.24) is 0 Å². The van der Waals surface area contributed by atoms with Crippen LogP contribution in [-0.4, -0.2) is 73.7 Å². The van der Waals surface area contributed by atoms with E-state index in [1.807, 2.05) is 0 Å². The van der Waals surface area contributed by atoms with Crippen molar-refractivity contribution < 1.29 is 63.3 Å². The van der Waals surface area contributed by atoms with E-state index in [9.17, 15) is 33.6 Å². The molecule has 0 aromatic rings. The zero-order valence-electron chi connectivity index (χ0n) is 35.3. The second-order valence-electron chi connectivity index (χ2n) is 10.7. The van der Waals surface area contributed by atoms with E-state index in [1.54, 1.807) is 48.5 Å². The van der Waals surface area contributed by atoms with E-state index >= 15 is 0 Å². The van der Waals surface area contributed by atoms with Gasteiger partial charge in [-0.05, 0) is 93.4 Å². The first-order chi connectivity index (χ1) is 24.6. The van der Waals surface area contributed by atoms with Gasteiger partial charge in [0.15, 0.2) is 0 Å². The molecule has 0 fully saturated rings. The van der Waals surface area contributed by atoms with E-state index in [2.05, 4.69) is 48.5 Å². The van der Waals surface area contributed by atoms with Crippen LogP contribution in [0.1, 0.15) is 159 Å². The fourth-order valence-corrected chi connectivity index (χ4v) is 1.74. The Bertz CT molecular complexity index is 724. The van der Waals surface area contributed by atoms with Crippen molar-refractivity contribution in [2.75, 3.05) is 0 Å². The predicted octanol–water partition coefficient (Wildman–Crippen LogP) is 8.60. The first-order valence-corrected chi connectivity index (χ1v) is 17.2. The first kappa shape index (κ1) is 75.1. The molecule has 0 amide bonds. The molecular formula is C41H75O13. The van der Waals surface area contributed by atoms with Crippen LogP contribution in [-0.2, 0) is 47.9 Å². The number of hydrogen-bond donors (Lipinski definition) is 3. The summed E-state index contributed by atoms with van der Waals surface area (Å²) in [6.07, 6.45) is 9.50. The van der Waals surface area contributed by atoms with E-state index in [-0.39, 0.29) is 40.5 Å². The molecule has 0 aliphatic carbocycles. The normalized spacial score (nSPS) is 7.87. The number of Topliss-reactive ketones (excluding diaryl/α,β-unsaturated/α-hetero) is 7. The molecule has 0 unspecified atom stereocenters. The predicted molar refractivity (Wildman–Crippen MR) is 217 cm³/mol. The lowest BCUT2D eigenvalue weighted by Gasteiger charge is -1.80. The number of carbonyl (C=O) groups excluding carboxylic acids is 7. The van der Waals surface area contributed by atoms with Gasteiger partial charge in [0.2, 0.25) is 0 Å². The molecule has 13 nitrogen and oxygen atoms in total. The summed E-state index contributed by atoms with van der Waals surface area (Å²) in [5, 5.41) is 22.2. The minimum Gasteiger partial charge on any atom is -0.481 e. The van der Waals surface area contributed by atoms with Gasteiger partial charge in [-0.3, -0.25) is 14.4 Å². The molecule has 0 rings (SSSR count). The zero-order chi connectivity index (χ0) is 45.7. The molecule has 7 radical (unpaired) electrons. The van der Waals surface area contributed by atoms with Crippen molar-refractivity contribution in [2.24, 2.45) is 0 Å². The fourth-order valence-electron chi connectivity index (χ4n) is 1.74. The maximum atomic E-state index is 10.0. The summed E-state index contributed by atoms with van der Waals surface area (Å²) in [6, 6.07) is 0. The molecule has 3 N–H and O–H groups in total. The lowest BCUT2D eigenvalue weighted by Crippen LogP contribution is -1.84. The van der Waals surface area contributed by atoms with Crippen LogP contribution in [0, 0.1) is 48.5 Å². The van der Waals surface area contributed by atoms with E-state index < -0.39 is 17.9 Å². The molecule has 0 aromatic carbocycles. The monoisotopic (exact) mass is 776 g/mol. The number of ketones is 7. The van der Waals surface area contributed by atoms with Crippen LogP contribution in [0.5, 0.6) is 0 Å². The Labute approximate surface area is 328 Å². The SMILES string of the molecule is CC(=O)O.CC(=O)O.CC(=O)O.[CH2]CCC(C)=O.[CH2]CCC(C)=O.[CH2]CCC(C)=O.[CH2]CCC(C)=O.[CH2]CCC(C)=O.[CH2]CCC(C)=O.[CH2]CCC(C)=O. The lowest BCUT2D eigenvalue weighted by atomic mass is 10.3. The van der Waals surface area contributed by atoms with Gasteiger partial charge in [-0.1, -0.05) is 48.5 Å². The van der Waals surface area contributed by atoms with Crippen LogP contribution in [0.2, 0.25) is 0 Å². The summed E-state index contributed by atoms with van der Waals surface area (Å²) < 4.78 is 0. The Morgan fingerprint density at radius 3 is 0.315 bits per heavy atom. The van der Waals surface area contributed by atoms with Crippen molar-refractivity contribution in [3.05, 3.63) is 48.5 Å². The largest absolute Gasteiger partial charge is 0.481 e. The molecule has 0 spiro atoms. The highest BCUT2D eigenvalue weighted by Gasteiger charge is 1.87. The van der Waals surface area contributed by atoms with Crippen molar-refractivity contribution in [3.8, 4) is 0 Å². The van der Waals surface area contributed by atoms with Crippen molar-refractivity contribution in [3.63, 3.8) is 0 Å². The van der Waals surface area contributed by atoms with Crippen LogP contribution in [0.3, 0.4) is 0 Å². The molecule has 0 saturated heterocycles. The van der Waals surface area contributed by atoms with Gasteiger partial charge in [0.1, 0.15) is 40.5 Å². The second kappa shape index (κ2) is 70.6. The summed E-state index contributed by atoms with van der Waals surface area (Å²) in [4.78, 5) is 97.0. The molecule has 0 aliphatic heterocycles. The molecular weight excluding hydrogens is 700 g/mol. The first-order valence-electron chi connectivity index (χ1n) is 17.2. The van der Waals surface area contributed by atoms with E-state index in [4.69, 9.17) is 29.7 Å². The summed E-state index contributed by atoms with van der Waals surface area (Å²) in [5.41, 5.74) is 0. The van der Waals surface area contributed by atoms with Gasteiger partial charge in [0.25, 0.3) is 17.9 Å². The van der Waals surface area contributed by atoms with Gasteiger partial charge in [-0.25, -0.2) is 0 Å². The Morgan fingerprint density at radius 2 is 0.315 bits per heavy atom. The summed E-state index contributed by atoms with van der Waals surface area (Å²) in [6.45, 7) is 38.8. The van der Waals surface area contributed by atoms with Gasteiger partial charge in [0, 0.05) is 65.7 Å². The highest BCUT2D eigenvalue weighted by molar-refractivity contribution is 5.77. The smallest absolute Gasteiger partial charge is 0.300 e. The quantitative estimate of drug-likeness (QED) is 0.150. The van der Waals surface area contributed by atoms with E-state index in [0.717, 1.165) is 65.7 Å². The van der Waals surface area contributed by atoms with E-state index in [0.29, 0.717) is 44.9 Å². The molecule has 0 aliphatic rings. The van der Waals surface area contributed by atoms with E-state index in [1.165, 1.54) is 0 Å². The minimum absolute atomic E-state index is 0.227. The summed E-state index contributed by atoms with van der Waals surface area (Å²) >= 11 is 0. The average Bonchev–Trinajstić information content (AvgIpc) is 2.94. The molecule has 13 heteroatoms. The number of carboxylic acid groups (broad SMARTS) is 3. The highest BCUT2D eigenvalue weighted by Crippen LogP contribution is 1.87. The molecule has 0 saturated carbocycles. The maximum Gasteiger partial charge on any atom is 0.300 e. The Kier molecular flexibility index (Phi) is 98.3. The number of carboxylic acids is 3. The molecule has 317 valence electrons. The van der Waals surface area contributed by atoms with Crippen molar-refractivity contribution in [2.45, 2.75) is 159 Å². The van der Waals surface area contributed by atoms with Crippen LogP contribution in [0.25, 0.3) is 0 Å². The Morgan fingerprint density at radius 1 is 0.259 bits per heavy atom. The number of rotatable bonds is 14. The van der Waals surface area contributed by atoms with Gasteiger partial charge in [-0.2, -0.15) is 0 Å². The number of carbonyl (C=O) groups is 10. The molecule has 0 bridgehead atoms. The van der Waals surface area contributed by atoms with Crippen LogP contribution in [0.4, 0.5) is 0 Å². The molecule has 0 atom stereocenters. The number of hydrogen-bond acceptors (Lipinski definition) is 10. The number of aliphatic carboxylic acids is 3. The second-order valence-corrected chi connectivity index (χ2v) is 10.7. The van der Waals surface area contributed by atoms with Crippen LogP contribution >= 0.6 is 0 Å². The highest BCUT2D eigenvalue weighted by atomic mass is 16.4. The third-order valence-electron chi connectivity index (χ3n) is 3.70. The third-order valence-corrected chi connectivity index (χ3v) is 3.70. The zero-order valence-corrected chi connectivity index (χ0v) is 35.3. The fraction of sp³-hybridized carbons (Fsp3) is 0.585. The summed E-state index contributed by atoms with van der Waals surface area (Å²) in [7, 11) is 0. The van der Waals surface area contributed by atoms with Gasteiger partial charge in [-0.15, -0.1) is 0 Å². The van der Waals surface area contributed by atoms with Gasteiger partial charge >= 0.3 is 0 Å². The standard InChI is InChI=1S/7C5H9O.3C2H4O2/c7*1-3-4-5(2)6;3*1-2(3)4/h7*1,3-4H2,2H3;3*1H3,(H,3,4). The van der Waals surface area contributed by atoms with Crippen LogP contribution in [0.15, 0.2) is 0 Å². The van der Waals surface area contributed by atoms with Gasteiger partial charge < -0.3 is 48.9 Å². The topological polar surface area (TPSA) is 231 Å². The average molecular weight is 776 g/mol. The van der Waals surface area contributed by atoms with Crippen molar-refractivity contribution >= 4 is 58.4 Å². The maximum absolute atomic E-state index is 10.0. The van der Waals surface area contributed by atoms with Crippen molar-refractivity contribution in [1.29, 1.82) is 0 Å². The Hall–Kier alpha value is -3.90. The molecule has 0 heterocycles. The minimum atomic E-state index is -0.833. The van der Waals surface area contributed by atoms with Gasteiger partial charge in [0.05, 0.1) is 0 Å². The lowest BCUT2D eigenvalue weighted by molar-refractivity contribution is -0.135. The molecule has 0 aromatic heterocycles. The van der Waals surface area contributed by atoms with Crippen LogP contribution < -0.4 is 0 Å². The molecule has 54 heavy (non-hydrogen) atoms. The summed E-state index contributed by atoms with van der Waals surface area (Å²) in [5.74, 6) is -0.912.